The molecular formula is C9H5BN2O2. The van der Waals surface area contributed by atoms with Crippen LogP contribution in [0.3, 0.4) is 0 Å². The molecule has 0 saturated carbocycles. The molecule has 0 bridgehead atoms. The quantitative estimate of drug-likeness (QED) is 0.639. The van der Waals surface area contributed by atoms with Crippen LogP contribution in [0.25, 0.3) is 11.0 Å². The minimum Gasteiger partial charge on any atom is -0.478 e. The average molecular weight is 184 g/mol. The molecule has 0 aliphatic heterocycles. The lowest BCUT2D eigenvalue weighted by molar-refractivity contribution is 0.0697. The van der Waals surface area contributed by atoms with Gasteiger partial charge in [-0.25, -0.2) is 4.79 Å². The summed E-state index contributed by atoms with van der Waals surface area (Å²) >= 11 is 0. The van der Waals surface area contributed by atoms with Gasteiger partial charge < -0.3 is 5.11 Å². The number of aromatic nitrogens is 2. The lowest BCUT2D eigenvalue weighted by Gasteiger charge is -1.99. The van der Waals surface area contributed by atoms with Gasteiger partial charge in [-0.2, -0.15) is 0 Å². The van der Waals surface area contributed by atoms with Crippen LogP contribution in [0, 0.1) is 0 Å². The number of hydrogen-bond acceptors (Lipinski definition) is 3. The Balaban J connectivity index is 2.67. The standard InChI is InChI=1S/C9H5BN2O2/c10-8-4-11-7-3-5(9(13)14)1-2-6(7)12-8/h1-4H,(H,13,14). The van der Waals surface area contributed by atoms with Gasteiger partial charge >= 0.3 is 5.97 Å². The highest BCUT2D eigenvalue weighted by molar-refractivity contribution is 6.30. The van der Waals surface area contributed by atoms with Crippen LogP contribution in [0.15, 0.2) is 24.4 Å². The van der Waals surface area contributed by atoms with Gasteiger partial charge in [-0.3, -0.25) is 9.97 Å². The normalized spacial score (nSPS) is 10.3. The van der Waals surface area contributed by atoms with E-state index in [1.54, 1.807) is 6.07 Å². The summed E-state index contributed by atoms with van der Waals surface area (Å²) in [6.45, 7) is 0. The molecule has 66 valence electrons. The van der Waals surface area contributed by atoms with Crippen LogP contribution < -0.4 is 5.59 Å². The fraction of sp³-hybridized carbons (Fsp3) is 0. The molecule has 0 fully saturated rings. The van der Waals surface area contributed by atoms with Gasteiger partial charge in [-0.1, -0.05) is 0 Å². The Hall–Kier alpha value is -1.91. The fourth-order valence-corrected chi connectivity index (χ4v) is 1.16. The van der Waals surface area contributed by atoms with Gasteiger partial charge in [0, 0.05) is 11.8 Å². The predicted octanol–water partition coefficient (Wildman–Crippen LogP) is 0.122. The number of carboxylic acid groups (broad SMARTS) is 1. The zero-order valence-electron chi connectivity index (χ0n) is 7.14. The van der Waals surface area contributed by atoms with E-state index < -0.39 is 5.97 Å². The maximum absolute atomic E-state index is 10.6. The Kier molecular flexibility index (Phi) is 1.92. The van der Waals surface area contributed by atoms with Gasteiger partial charge in [0.2, 0.25) is 0 Å². The van der Waals surface area contributed by atoms with Crippen LogP contribution >= 0.6 is 0 Å². The Bertz CT molecular complexity index is 513. The van der Waals surface area contributed by atoms with Crippen molar-refractivity contribution in [2.75, 3.05) is 0 Å². The van der Waals surface area contributed by atoms with Crippen molar-refractivity contribution in [3.63, 3.8) is 0 Å². The van der Waals surface area contributed by atoms with Crippen molar-refractivity contribution in [2.24, 2.45) is 0 Å². The molecule has 5 heteroatoms. The molecule has 0 aliphatic rings. The number of nitrogens with zero attached hydrogens (tertiary/aromatic N) is 2. The minimum atomic E-state index is -0.981. The molecule has 0 unspecified atom stereocenters. The van der Waals surface area contributed by atoms with Gasteiger partial charge in [0.15, 0.2) is 0 Å². The first-order valence-corrected chi connectivity index (χ1v) is 3.92. The number of carbonyl (C=O) groups is 1. The first kappa shape index (κ1) is 8.68. The van der Waals surface area contributed by atoms with Gasteiger partial charge in [-0.05, 0) is 18.2 Å². The molecule has 0 spiro atoms. The van der Waals surface area contributed by atoms with Crippen LogP contribution in [0.5, 0.6) is 0 Å². The first-order chi connectivity index (χ1) is 6.66. The largest absolute Gasteiger partial charge is 0.478 e. The highest BCUT2D eigenvalue weighted by Gasteiger charge is 2.04. The number of rotatable bonds is 1. The van der Waals surface area contributed by atoms with E-state index in [9.17, 15) is 4.79 Å². The zero-order chi connectivity index (χ0) is 10.1. The van der Waals surface area contributed by atoms with Crippen LogP contribution in [-0.2, 0) is 0 Å². The Morgan fingerprint density at radius 2 is 2.14 bits per heavy atom. The molecule has 14 heavy (non-hydrogen) atoms. The van der Waals surface area contributed by atoms with Crippen molar-refractivity contribution < 1.29 is 9.90 Å². The molecule has 1 N–H and O–H groups in total. The SMILES string of the molecule is [B]c1cnc2cc(C(=O)O)ccc2n1. The van der Waals surface area contributed by atoms with E-state index in [1.165, 1.54) is 18.3 Å². The molecule has 2 radical (unpaired) electrons. The Morgan fingerprint density at radius 3 is 2.86 bits per heavy atom. The minimum absolute atomic E-state index is 0.191. The van der Waals surface area contributed by atoms with Crippen molar-refractivity contribution >= 4 is 30.4 Å². The van der Waals surface area contributed by atoms with E-state index in [0.717, 1.165) is 0 Å². The molecule has 1 heterocycles. The molecule has 0 aliphatic carbocycles. The maximum atomic E-state index is 10.6. The smallest absolute Gasteiger partial charge is 0.335 e. The third-order valence-corrected chi connectivity index (χ3v) is 1.81. The van der Waals surface area contributed by atoms with Gasteiger partial charge in [0.1, 0.15) is 7.85 Å². The van der Waals surface area contributed by atoms with Crippen molar-refractivity contribution in [1.82, 2.24) is 9.97 Å². The summed E-state index contributed by atoms with van der Waals surface area (Å²) in [5, 5.41) is 8.73. The summed E-state index contributed by atoms with van der Waals surface area (Å²) < 4.78 is 0. The molecule has 1 aromatic carbocycles. The molecule has 0 atom stereocenters. The van der Waals surface area contributed by atoms with Gasteiger partial charge in [-0.15, -0.1) is 0 Å². The number of aromatic carboxylic acids is 1. The predicted molar refractivity (Wildman–Crippen MR) is 51.9 cm³/mol. The van der Waals surface area contributed by atoms with Crippen LogP contribution in [0.1, 0.15) is 10.4 Å². The van der Waals surface area contributed by atoms with E-state index in [0.29, 0.717) is 16.6 Å². The van der Waals surface area contributed by atoms with Crippen LogP contribution in [-0.4, -0.2) is 28.9 Å². The average Bonchev–Trinajstić information content (AvgIpc) is 2.16. The summed E-state index contributed by atoms with van der Waals surface area (Å²) in [7, 11) is 5.43. The molecule has 0 saturated heterocycles. The van der Waals surface area contributed by atoms with E-state index in [2.05, 4.69) is 9.97 Å². The molecule has 1 aromatic heterocycles. The Labute approximate surface area is 81.0 Å². The lowest BCUT2D eigenvalue weighted by atomic mass is 10.1. The number of carboxylic acids is 1. The second-order valence-electron chi connectivity index (χ2n) is 2.80. The van der Waals surface area contributed by atoms with E-state index in [1.807, 2.05) is 0 Å². The van der Waals surface area contributed by atoms with Crippen LogP contribution in [0.2, 0.25) is 0 Å². The summed E-state index contributed by atoms with van der Waals surface area (Å²) in [5.74, 6) is -0.981. The summed E-state index contributed by atoms with van der Waals surface area (Å²) in [5.41, 5.74) is 1.63. The highest BCUT2D eigenvalue weighted by Crippen LogP contribution is 2.09. The van der Waals surface area contributed by atoms with E-state index >= 15 is 0 Å². The van der Waals surface area contributed by atoms with Gasteiger partial charge in [0.25, 0.3) is 0 Å². The summed E-state index contributed by atoms with van der Waals surface area (Å²) in [4.78, 5) is 18.6. The first-order valence-electron chi connectivity index (χ1n) is 3.92. The highest BCUT2D eigenvalue weighted by atomic mass is 16.4. The molecule has 2 aromatic rings. The van der Waals surface area contributed by atoms with E-state index in [4.69, 9.17) is 13.0 Å². The van der Waals surface area contributed by atoms with Gasteiger partial charge in [0.05, 0.1) is 16.6 Å². The number of hydrogen-bond donors (Lipinski definition) is 1. The monoisotopic (exact) mass is 184 g/mol. The Morgan fingerprint density at radius 1 is 1.36 bits per heavy atom. The second kappa shape index (κ2) is 3.10. The third kappa shape index (κ3) is 1.44. The van der Waals surface area contributed by atoms with Crippen LogP contribution in [0.4, 0.5) is 0 Å². The molecular weight excluding hydrogens is 179 g/mol. The van der Waals surface area contributed by atoms with Crippen molar-refractivity contribution in [3.8, 4) is 0 Å². The molecule has 4 nitrogen and oxygen atoms in total. The topological polar surface area (TPSA) is 63.1 Å². The van der Waals surface area contributed by atoms with Crippen molar-refractivity contribution in [2.45, 2.75) is 0 Å². The third-order valence-electron chi connectivity index (χ3n) is 1.81. The molecule has 0 amide bonds. The fourth-order valence-electron chi connectivity index (χ4n) is 1.16. The summed E-state index contributed by atoms with van der Waals surface area (Å²) in [6, 6.07) is 4.52. The lowest BCUT2D eigenvalue weighted by Crippen LogP contribution is -2.09. The van der Waals surface area contributed by atoms with E-state index in [-0.39, 0.29) is 5.56 Å². The summed E-state index contributed by atoms with van der Waals surface area (Å²) in [6.07, 6.45) is 1.40. The number of fused-ring (bicyclic) bond motifs is 1. The zero-order valence-corrected chi connectivity index (χ0v) is 7.14. The maximum Gasteiger partial charge on any atom is 0.335 e. The number of benzene rings is 1. The van der Waals surface area contributed by atoms with Crippen molar-refractivity contribution in [1.29, 1.82) is 0 Å². The molecule has 2 rings (SSSR count). The van der Waals surface area contributed by atoms with Crippen molar-refractivity contribution in [3.05, 3.63) is 30.0 Å². The second-order valence-corrected chi connectivity index (χ2v) is 2.80.